The molecule has 0 bridgehead atoms. The van der Waals surface area contributed by atoms with E-state index in [-0.39, 0.29) is 5.97 Å². The van der Waals surface area contributed by atoms with Gasteiger partial charge >= 0.3 is 5.97 Å². The molecule has 0 rings (SSSR count). The van der Waals surface area contributed by atoms with Crippen LogP contribution in [0.5, 0.6) is 0 Å². The summed E-state index contributed by atoms with van der Waals surface area (Å²) in [5, 5.41) is 0. The highest BCUT2D eigenvalue weighted by atomic mass is 28.3. The Kier molecular flexibility index (Phi) is 8.40. The van der Waals surface area contributed by atoms with Crippen LogP contribution < -0.4 is 0 Å². The summed E-state index contributed by atoms with van der Waals surface area (Å²) in [5.74, 6) is -0.188. The van der Waals surface area contributed by atoms with Gasteiger partial charge in [-0.25, -0.2) is 4.79 Å². The molecule has 0 amide bonds. The second-order valence-electron chi connectivity index (χ2n) is 5.34. The molecule has 0 saturated carbocycles. The predicted molar refractivity (Wildman–Crippen MR) is 85.9 cm³/mol. The van der Waals surface area contributed by atoms with Gasteiger partial charge in [0.2, 0.25) is 0 Å². The molecule has 0 heterocycles. The molecular weight excluding hydrogens is 252 g/mol. The highest BCUT2D eigenvalue weighted by molar-refractivity contribution is 6.86. The van der Waals surface area contributed by atoms with E-state index >= 15 is 0 Å². The van der Waals surface area contributed by atoms with Gasteiger partial charge in [-0.3, -0.25) is 0 Å². The van der Waals surface area contributed by atoms with E-state index in [0.717, 1.165) is 24.1 Å². The standard InChI is InChI=1S/C16H28O2Si/c1-7-10-18-16(17)15(6)13-19(11-8-2,12-9-3)14(4)5/h8-9,13-14H,2-3,7,10-12H2,1,4-6H3. The van der Waals surface area contributed by atoms with Crippen molar-refractivity contribution in [1.82, 2.24) is 0 Å². The Balaban J connectivity index is 5.20. The summed E-state index contributed by atoms with van der Waals surface area (Å²) in [6, 6.07) is 1.93. The molecule has 0 aromatic heterocycles. The number of rotatable bonds is 9. The molecule has 0 N–H and O–H groups in total. The van der Waals surface area contributed by atoms with E-state index in [0.29, 0.717) is 12.1 Å². The van der Waals surface area contributed by atoms with Crippen molar-refractivity contribution < 1.29 is 9.53 Å². The topological polar surface area (TPSA) is 26.3 Å². The Bertz CT molecular complexity index is 333. The van der Waals surface area contributed by atoms with Crippen molar-refractivity contribution in [2.45, 2.75) is 51.7 Å². The van der Waals surface area contributed by atoms with Crippen molar-refractivity contribution in [2.75, 3.05) is 6.61 Å². The van der Waals surface area contributed by atoms with Gasteiger partial charge in [0.25, 0.3) is 0 Å². The minimum Gasteiger partial charge on any atom is -0.462 e. The van der Waals surface area contributed by atoms with E-state index < -0.39 is 8.07 Å². The van der Waals surface area contributed by atoms with Crippen molar-refractivity contribution in [1.29, 1.82) is 0 Å². The van der Waals surface area contributed by atoms with Crippen molar-refractivity contribution >= 4 is 14.0 Å². The third-order valence-corrected chi connectivity index (χ3v) is 8.87. The normalized spacial score (nSPS) is 12.4. The zero-order chi connectivity index (χ0) is 14.9. The average Bonchev–Trinajstić information content (AvgIpc) is 2.35. The van der Waals surface area contributed by atoms with E-state index in [9.17, 15) is 4.79 Å². The average molecular weight is 280 g/mol. The lowest BCUT2D eigenvalue weighted by molar-refractivity contribution is -0.138. The smallest absolute Gasteiger partial charge is 0.332 e. The second kappa shape index (κ2) is 8.91. The fraction of sp³-hybridized carbons (Fsp3) is 0.562. The first-order chi connectivity index (χ1) is 8.93. The van der Waals surface area contributed by atoms with Gasteiger partial charge in [-0.1, -0.05) is 38.6 Å². The first-order valence-electron chi connectivity index (χ1n) is 7.01. The van der Waals surface area contributed by atoms with Crippen LogP contribution >= 0.6 is 0 Å². The molecule has 0 fully saturated rings. The quantitative estimate of drug-likeness (QED) is 0.266. The lowest BCUT2D eigenvalue weighted by Crippen LogP contribution is -2.35. The Labute approximate surface area is 119 Å². The Morgan fingerprint density at radius 2 is 1.79 bits per heavy atom. The SMILES string of the molecule is C=CC[Si](C=C(C)C(=O)OCCC)(CC=C)C(C)C. The van der Waals surface area contributed by atoms with Crippen molar-refractivity contribution in [2.24, 2.45) is 0 Å². The number of carbonyl (C=O) groups excluding carboxylic acids is 1. The van der Waals surface area contributed by atoms with Crippen LogP contribution in [0.15, 0.2) is 36.6 Å². The number of ether oxygens (including phenoxy) is 1. The molecule has 0 spiro atoms. The molecule has 0 aliphatic carbocycles. The number of allylic oxidation sites excluding steroid dienone is 2. The van der Waals surface area contributed by atoms with Crippen LogP contribution in [0.2, 0.25) is 17.6 Å². The second-order valence-corrected chi connectivity index (χ2v) is 10.1. The van der Waals surface area contributed by atoms with E-state index in [2.05, 4.69) is 32.7 Å². The molecule has 0 aromatic rings. The molecule has 0 radical (unpaired) electrons. The number of hydrogen-bond acceptors (Lipinski definition) is 2. The summed E-state index contributed by atoms with van der Waals surface area (Å²) in [6.45, 7) is 16.5. The van der Waals surface area contributed by atoms with Gasteiger partial charge in [-0.15, -0.1) is 13.2 Å². The number of carbonyl (C=O) groups is 1. The molecule has 108 valence electrons. The van der Waals surface area contributed by atoms with Gasteiger partial charge in [0.05, 0.1) is 14.7 Å². The van der Waals surface area contributed by atoms with Crippen LogP contribution in [-0.4, -0.2) is 20.7 Å². The summed E-state index contributed by atoms with van der Waals surface area (Å²) in [6.07, 6.45) is 4.79. The maximum atomic E-state index is 11.9. The van der Waals surface area contributed by atoms with Crippen molar-refractivity contribution in [3.63, 3.8) is 0 Å². The van der Waals surface area contributed by atoms with Crippen LogP contribution in [0.25, 0.3) is 0 Å². The first-order valence-corrected chi connectivity index (χ1v) is 9.58. The fourth-order valence-corrected chi connectivity index (χ4v) is 5.91. The molecule has 0 saturated heterocycles. The highest BCUT2D eigenvalue weighted by Gasteiger charge is 2.32. The third kappa shape index (κ3) is 5.60. The summed E-state index contributed by atoms with van der Waals surface area (Å²) >= 11 is 0. The van der Waals surface area contributed by atoms with Gasteiger partial charge in [0.1, 0.15) is 0 Å². The van der Waals surface area contributed by atoms with Gasteiger partial charge in [0, 0.05) is 5.57 Å². The Hall–Kier alpha value is -1.09. The highest BCUT2D eigenvalue weighted by Crippen LogP contribution is 2.32. The van der Waals surface area contributed by atoms with E-state index in [1.807, 2.05) is 26.0 Å². The number of hydrogen-bond donors (Lipinski definition) is 0. The van der Waals surface area contributed by atoms with E-state index in [1.165, 1.54) is 0 Å². The maximum absolute atomic E-state index is 11.9. The zero-order valence-corrected chi connectivity index (χ0v) is 13.9. The minimum absolute atomic E-state index is 0.188. The first kappa shape index (κ1) is 17.9. The van der Waals surface area contributed by atoms with Crippen LogP contribution in [0.1, 0.15) is 34.1 Å². The monoisotopic (exact) mass is 280 g/mol. The third-order valence-electron chi connectivity index (χ3n) is 3.46. The lowest BCUT2D eigenvalue weighted by Gasteiger charge is -2.31. The van der Waals surface area contributed by atoms with Crippen molar-refractivity contribution in [3.8, 4) is 0 Å². The van der Waals surface area contributed by atoms with Crippen LogP contribution in [0, 0.1) is 0 Å². The summed E-state index contributed by atoms with van der Waals surface area (Å²) in [4.78, 5) is 11.9. The molecule has 0 aliphatic rings. The van der Waals surface area contributed by atoms with Gasteiger partial charge < -0.3 is 4.74 Å². The summed E-state index contributed by atoms with van der Waals surface area (Å²) in [7, 11) is -1.74. The summed E-state index contributed by atoms with van der Waals surface area (Å²) in [5.41, 5.74) is 3.45. The van der Waals surface area contributed by atoms with Gasteiger partial charge in [-0.05, 0) is 31.0 Å². The molecule has 0 aromatic carbocycles. The minimum atomic E-state index is -1.74. The molecular formula is C16H28O2Si. The summed E-state index contributed by atoms with van der Waals surface area (Å²) < 4.78 is 5.20. The molecule has 0 atom stereocenters. The van der Waals surface area contributed by atoms with Gasteiger partial charge in [0.15, 0.2) is 0 Å². The number of esters is 1. The van der Waals surface area contributed by atoms with Crippen LogP contribution in [-0.2, 0) is 9.53 Å². The van der Waals surface area contributed by atoms with Crippen molar-refractivity contribution in [3.05, 3.63) is 36.6 Å². The van der Waals surface area contributed by atoms with E-state index in [4.69, 9.17) is 4.74 Å². The molecule has 2 nitrogen and oxygen atoms in total. The molecule has 19 heavy (non-hydrogen) atoms. The van der Waals surface area contributed by atoms with Crippen LogP contribution in [0.4, 0.5) is 0 Å². The zero-order valence-electron chi connectivity index (χ0n) is 12.9. The maximum Gasteiger partial charge on any atom is 0.332 e. The fourth-order valence-electron chi connectivity index (χ4n) is 2.18. The van der Waals surface area contributed by atoms with Crippen LogP contribution in [0.3, 0.4) is 0 Å². The van der Waals surface area contributed by atoms with Gasteiger partial charge in [-0.2, -0.15) is 0 Å². The van der Waals surface area contributed by atoms with E-state index in [1.54, 1.807) is 0 Å². The predicted octanol–water partition coefficient (Wildman–Crippen LogP) is 4.66. The molecule has 0 unspecified atom stereocenters. The largest absolute Gasteiger partial charge is 0.462 e. The molecule has 0 aliphatic heterocycles. The Morgan fingerprint density at radius 3 is 2.16 bits per heavy atom. The molecule has 3 heteroatoms. The lowest BCUT2D eigenvalue weighted by atomic mass is 10.3. The Morgan fingerprint density at radius 1 is 1.26 bits per heavy atom.